The molecule has 2 rings (SSSR count). The third-order valence-electron chi connectivity index (χ3n) is 3.98. The molecule has 23 heavy (non-hydrogen) atoms. The summed E-state index contributed by atoms with van der Waals surface area (Å²) < 4.78 is 38.0. The second-order valence-electron chi connectivity index (χ2n) is 5.82. The van der Waals surface area contributed by atoms with Gasteiger partial charge in [0.2, 0.25) is 5.91 Å². The van der Waals surface area contributed by atoms with E-state index in [1.165, 1.54) is 24.1 Å². The molecular weight excluding hydrogens is 311 g/mol. The van der Waals surface area contributed by atoms with E-state index >= 15 is 0 Å². The monoisotopic (exact) mass is 329 g/mol. The van der Waals surface area contributed by atoms with Crippen molar-refractivity contribution in [2.75, 3.05) is 25.5 Å². The zero-order chi connectivity index (χ0) is 17.3. The lowest BCUT2D eigenvalue weighted by molar-refractivity contribution is -0.137. The van der Waals surface area contributed by atoms with Crippen molar-refractivity contribution in [1.82, 2.24) is 10.2 Å². The van der Waals surface area contributed by atoms with Gasteiger partial charge < -0.3 is 15.5 Å². The number of rotatable bonds is 2. The molecule has 0 saturated carbocycles. The Bertz CT molecular complexity index is 618. The number of alkyl halides is 3. The third-order valence-corrected chi connectivity index (χ3v) is 3.98. The van der Waals surface area contributed by atoms with Gasteiger partial charge in [-0.25, -0.2) is 4.79 Å². The molecule has 0 aromatic heterocycles. The highest BCUT2D eigenvalue weighted by Gasteiger charge is 2.41. The maximum absolute atomic E-state index is 12.7. The van der Waals surface area contributed by atoms with Crippen molar-refractivity contribution in [2.24, 2.45) is 5.41 Å². The Hall–Kier alpha value is -2.25. The third kappa shape index (κ3) is 3.75. The Kier molecular flexibility index (Phi) is 4.53. The zero-order valence-electron chi connectivity index (χ0n) is 12.8. The van der Waals surface area contributed by atoms with Gasteiger partial charge in [0, 0.05) is 25.8 Å². The number of amides is 3. The predicted octanol–water partition coefficient (Wildman–Crippen LogP) is 2.70. The normalized spacial score (nSPS) is 21.2. The zero-order valence-corrected chi connectivity index (χ0v) is 12.8. The molecule has 1 aliphatic rings. The Labute approximate surface area is 131 Å². The van der Waals surface area contributed by atoms with Crippen LogP contribution in [0.25, 0.3) is 0 Å². The molecular formula is C15H18F3N3O2. The van der Waals surface area contributed by atoms with Crippen LogP contribution < -0.4 is 10.6 Å². The molecule has 1 heterocycles. The Balaban J connectivity index is 2.05. The van der Waals surface area contributed by atoms with Crippen LogP contribution in [-0.4, -0.2) is 37.0 Å². The molecule has 1 aromatic rings. The molecule has 1 aliphatic heterocycles. The summed E-state index contributed by atoms with van der Waals surface area (Å²) in [6.45, 7) is 2.34. The van der Waals surface area contributed by atoms with Crippen LogP contribution in [0, 0.1) is 5.41 Å². The van der Waals surface area contributed by atoms with Crippen molar-refractivity contribution in [2.45, 2.75) is 19.5 Å². The lowest BCUT2D eigenvalue weighted by atomic mass is 9.89. The van der Waals surface area contributed by atoms with E-state index in [1.807, 2.05) is 0 Å². The van der Waals surface area contributed by atoms with Gasteiger partial charge in [-0.05, 0) is 31.5 Å². The van der Waals surface area contributed by atoms with Gasteiger partial charge in [-0.1, -0.05) is 6.07 Å². The van der Waals surface area contributed by atoms with Gasteiger partial charge in [0.15, 0.2) is 0 Å². The maximum Gasteiger partial charge on any atom is 0.416 e. The van der Waals surface area contributed by atoms with Crippen molar-refractivity contribution in [3.8, 4) is 0 Å². The number of urea groups is 1. The topological polar surface area (TPSA) is 61.4 Å². The standard InChI is InChI=1S/C15H18F3N3O2/c1-14(12(22)19-2)6-7-21(9-14)13(23)20-11-5-3-4-10(8-11)15(16,17)18/h3-5,8H,6-7,9H2,1-2H3,(H,19,22)(H,20,23). The summed E-state index contributed by atoms with van der Waals surface area (Å²) in [6, 6.07) is 3.93. The van der Waals surface area contributed by atoms with Gasteiger partial charge >= 0.3 is 12.2 Å². The number of halogens is 3. The van der Waals surface area contributed by atoms with Crippen LogP contribution in [0.3, 0.4) is 0 Å². The van der Waals surface area contributed by atoms with Crippen LogP contribution in [0.2, 0.25) is 0 Å². The number of hydrogen-bond donors (Lipinski definition) is 2. The summed E-state index contributed by atoms with van der Waals surface area (Å²) in [5.74, 6) is -0.160. The van der Waals surface area contributed by atoms with Gasteiger partial charge in [-0.3, -0.25) is 4.79 Å². The van der Waals surface area contributed by atoms with E-state index < -0.39 is 23.2 Å². The fourth-order valence-corrected chi connectivity index (χ4v) is 2.60. The second kappa shape index (κ2) is 6.10. The van der Waals surface area contributed by atoms with Gasteiger partial charge in [0.05, 0.1) is 11.0 Å². The number of nitrogens with zero attached hydrogens (tertiary/aromatic N) is 1. The van der Waals surface area contributed by atoms with E-state index in [0.717, 1.165) is 12.1 Å². The van der Waals surface area contributed by atoms with Gasteiger partial charge in [-0.2, -0.15) is 13.2 Å². The molecule has 0 spiro atoms. The molecule has 1 unspecified atom stereocenters. The first-order valence-electron chi connectivity index (χ1n) is 7.11. The van der Waals surface area contributed by atoms with E-state index in [0.29, 0.717) is 13.0 Å². The number of benzene rings is 1. The van der Waals surface area contributed by atoms with E-state index in [9.17, 15) is 22.8 Å². The largest absolute Gasteiger partial charge is 0.416 e. The molecule has 2 N–H and O–H groups in total. The van der Waals surface area contributed by atoms with Crippen LogP contribution in [0.15, 0.2) is 24.3 Å². The van der Waals surface area contributed by atoms with E-state index in [-0.39, 0.29) is 18.1 Å². The molecule has 8 heteroatoms. The number of likely N-dealkylation sites (tertiary alicyclic amines) is 1. The molecule has 1 atom stereocenters. The van der Waals surface area contributed by atoms with Crippen LogP contribution in [0.1, 0.15) is 18.9 Å². The molecule has 1 aromatic carbocycles. The first kappa shape index (κ1) is 17.1. The van der Waals surface area contributed by atoms with Gasteiger partial charge in [0.1, 0.15) is 0 Å². The van der Waals surface area contributed by atoms with E-state index in [2.05, 4.69) is 10.6 Å². The summed E-state index contributed by atoms with van der Waals surface area (Å²) in [7, 11) is 1.53. The second-order valence-corrected chi connectivity index (χ2v) is 5.82. The SMILES string of the molecule is CNC(=O)C1(C)CCN(C(=O)Nc2cccc(C(F)(F)F)c2)C1. The molecule has 0 bridgehead atoms. The number of carbonyl (C=O) groups excluding carboxylic acids is 2. The summed E-state index contributed by atoms with van der Waals surface area (Å²) >= 11 is 0. The molecule has 0 radical (unpaired) electrons. The highest BCUT2D eigenvalue weighted by molar-refractivity contribution is 5.91. The smallest absolute Gasteiger partial charge is 0.359 e. The maximum atomic E-state index is 12.7. The Morgan fingerprint density at radius 1 is 1.30 bits per heavy atom. The van der Waals surface area contributed by atoms with Crippen LogP contribution in [-0.2, 0) is 11.0 Å². The minimum absolute atomic E-state index is 0.0679. The number of hydrogen-bond acceptors (Lipinski definition) is 2. The van der Waals surface area contributed by atoms with Crippen molar-refractivity contribution in [1.29, 1.82) is 0 Å². The van der Waals surface area contributed by atoms with Crippen LogP contribution in [0.4, 0.5) is 23.7 Å². The van der Waals surface area contributed by atoms with Crippen molar-refractivity contribution < 1.29 is 22.8 Å². The highest BCUT2D eigenvalue weighted by Crippen LogP contribution is 2.32. The Morgan fingerprint density at radius 3 is 2.61 bits per heavy atom. The number of nitrogens with one attached hydrogen (secondary N) is 2. The quantitative estimate of drug-likeness (QED) is 0.876. The summed E-state index contributed by atoms with van der Waals surface area (Å²) in [5.41, 5.74) is -1.44. The summed E-state index contributed by atoms with van der Waals surface area (Å²) in [6.07, 6.45) is -3.96. The molecule has 3 amide bonds. The van der Waals surface area contributed by atoms with Crippen LogP contribution in [0.5, 0.6) is 0 Å². The summed E-state index contributed by atoms with van der Waals surface area (Å²) in [4.78, 5) is 25.4. The average molecular weight is 329 g/mol. The fourth-order valence-electron chi connectivity index (χ4n) is 2.60. The molecule has 1 saturated heterocycles. The number of carbonyl (C=O) groups is 2. The van der Waals surface area contributed by atoms with Crippen LogP contribution >= 0.6 is 0 Å². The van der Waals surface area contributed by atoms with Gasteiger partial charge in [0.25, 0.3) is 0 Å². The van der Waals surface area contributed by atoms with Crippen molar-refractivity contribution in [3.63, 3.8) is 0 Å². The predicted molar refractivity (Wildman–Crippen MR) is 78.8 cm³/mol. The van der Waals surface area contributed by atoms with Crippen molar-refractivity contribution in [3.05, 3.63) is 29.8 Å². The van der Waals surface area contributed by atoms with E-state index in [1.54, 1.807) is 6.92 Å². The molecule has 5 nitrogen and oxygen atoms in total. The lowest BCUT2D eigenvalue weighted by Gasteiger charge is -2.23. The first-order valence-corrected chi connectivity index (χ1v) is 7.11. The molecule has 0 aliphatic carbocycles. The lowest BCUT2D eigenvalue weighted by Crippen LogP contribution is -2.41. The Morgan fingerprint density at radius 2 is 2.00 bits per heavy atom. The average Bonchev–Trinajstić information content (AvgIpc) is 2.90. The van der Waals surface area contributed by atoms with Gasteiger partial charge in [-0.15, -0.1) is 0 Å². The fraction of sp³-hybridized carbons (Fsp3) is 0.467. The minimum atomic E-state index is -4.47. The number of anilines is 1. The van der Waals surface area contributed by atoms with E-state index in [4.69, 9.17) is 0 Å². The van der Waals surface area contributed by atoms with Crippen molar-refractivity contribution >= 4 is 17.6 Å². The highest BCUT2D eigenvalue weighted by atomic mass is 19.4. The molecule has 126 valence electrons. The molecule has 1 fully saturated rings. The summed E-state index contributed by atoms with van der Waals surface area (Å²) in [5, 5.41) is 5.00. The minimum Gasteiger partial charge on any atom is -0.359 e. The first-order chi connectivity index (χ1) is 10.7.